The zero-order valence-electron chi connectivity index (χ0n) is 33.2. The minimum atomic E-state index is -1.69. The van der Waals surface area contributed by atoms with E-state index in [0.29, 0.717) is 29.1 Å². The van der Waals surface area contributed by atoms with Crippen LogP contribution in [-0.4, -0.2) is 74.6 Å². The number of amides is 3. The van der Waals surface area contributed by atoms with Gasteiger partial charge in [0.1, 0.15) is 23.9 Å². The van der Waals surface area contributed by atoms with Gasteiger partial charge in [-0.25, -0.2) is 14.8 Å². The third kappa shape index (κ3) is 13.6. The molecule has 0 saturated carbocycles. The topological polar surface area (TPSA) is 197 Å². The fourth-order valence-corrected chi connectivity index (χ4v) is 5.88. The first-order valence-corrected chi connectivity index (χ1v) is 19.3. The summed E-state index contributed by atoms with van der Waals surface area (Å²) in [4.78, 5) is 71.8. The van der Waals surface area contributed by atoms with Crippen LogP contribution in [0.15, 0.2) is 85.2 Å². The highest BCUT2D eigenvalue weighted by Crippen LogP contribution is 2.25. The van der Waals surface area contributed by atoms with E-state index in [-0.39, 0.29) is 11.8 Å². The van der Waals surface area contributed by atoms with E-state index in [1.54, 1.807) is 48.8 Å². The summed E-state index contributed by atoms with van der Waals surface area (Å²) in [6.07, 6.45) is 8.63. The molecule has 4 rings (SSSR count). The highest BCUT2D eigenvalue weighted by atomic mass is 16.5. The lowest BCUT2D eigenvalue weighted by Gasteiger charge is -2.22. The molecule has 0 unspecified atom stereocenters. The van der Waals surface area contributed by atoms with Crippen LogP contribution in [0.3, 0.4) is 0 Å². The Bertz CT molecular complexity index is 1960. The van der Waals surface area contributed by atoms with Crippen LogP contribution < -0.4 is 20.7 Å². The third-order valence-electron chi connectivity index (χ3n) is 9.40. The molecular weight excluding hydrogens is 727 g/mol. The van der Waals surface area contributed by atoms with Crippen molar-refractivity contribution in [3.63, 3.8) is 0 Å². The monoisotopic (exact) mass is 779 g/mol. The molecule has 1 aromatic heterocycles. The maximum Gasteiger partial charge on any atom is 0.326 e. The summed E-state index contributed by atoms with van der Waals surface area (Å²) in [5, 5.41) is 26.2. The van der Waals surface area contributed by atoms with Gasteiger partial charge in [-0.05, 0) is 59.7 Å². The summed E-state index contributed by atoms with van der Waals surface area (Å²) in [5.74, 6) is -3.79. The van der Waals surface area contributed by atoms with Crippen molar-refractivity contribution in [3.8, 4) is 28.3 Å². The molecule has 3 amide bonds. The summed E-state index contributed by atoms with van der Waals surface area (Å²) in [7, 11) is 0. The Balaban J connectivity index is 1.46. The second-order valence-corrected chi connectivity index (χ2v) is 15.1. The number of ether oxygens (including phenoxy) is 1. The second kappa shape index (κ2) is 20.7. The van der Waals surface area contributed by atoms with E-state index >= 15 is 0 Å². The van der Waals surface area contributed by atoms with Crippen LogP contribution >= 0.6 is 0 Å². The van der Waals surface area contributed by atoms with Gasteiger partial charge in [0.05, 0.1) is 13.0 Å². The molecule has 13 heteroatoms. The van der Waals surface area contributed by atoms with Crippen molar-refractivity contribution in [2.45, 2.75) is 103 Å². The number of carboxylic acid groups (broad SMARTS) is 2. The lowest BCUT2D eigenvalue weighted by Crippen LogP contribution is -2.53. The van der Waals surface area contributed by atoms with Crippen LogP contribution in [0.4, 0.5) is 0 Å². The van der Waals surface area contributed by atoms with Crippen LogP contribution in [0.25, 0.3) is 22.5 Å². The quantitative estimate of drug-likeness (QED) is 0.0631. The predicted octanol–water partition coefficient (Wildman–Crippen LogP) is 6.35. The van der Waals surface area contributed by atoms with Gasteiger partial charge in [-0.2, -0.15) is 0 Å². The first kappa shape index (κ1) is 43.6. The number of hydrogen-bond acceptors (Lipinski definition) is 8. The van der Waals surface area contributed by atoms with E-state index in [4.69, 9.17) is 9.84 Å². The van der Waals surface area contributed by atoms with Crippen molar-refractivity contribution in [2.24, 2.45) is 0 Å². The van der Waals surface area contributed by atoms with Gasteiger partial charge in [-0.1, -0.05) is 102 Å². The molecule has 0 radical (unpaired) electrons. The normalized spacial score (nSPS) is 12.8. The maximum atomic E-state index is 13.6. The number of rotatable bonds is 20. The maximum absolute atomic E-state index is 13.6. The largest absolute Gasteiger partial charge is 0.494 e. The van der Waals surface area contributed by atoms with Crippen molar-refractivity contribution in [1.82, 2.24) is 25.9 Å². The Morgan fingerprint density at radius 1 is 0.702 bits per heavy atom. The molecule has 0 aliphatic carbocycles. The zero-order chi connectivity index (χ0) is 41.5. The molecule has 0 fully saturated rings. The summed E-state index contributed by atoms with van der Waals surface area (Å²) in [6, 6.07) is 17.7. The van der Waals surface area contributed by atoms with Gasteiger partial charge >= 0.3 is 11.9 Å². The highest BCUT2D eigenvalue weighted by molar-refractivity contribution is 5.98. The fourth-order valence-electron chi connectivity index (χ4n) is 5.88. The number of carboxylic acids is 2. The van der Waals surface area contributed by atoms with Crippen LogP contribution in [0.2, 0.25) is 0 Å². The molecule has 13 nitrogen and oxygen atoms in total. The predicted molar refractivity (Wildman–Crippen MR) is 217 cm³/mol. The molecule has 4 aromatic rings. The van der Waals surface area contributed by atoms with Gasteiger partial charge in [-0.15, -0.1) is 0 Å². The first-order chi connectivity index (χ1) is 27.1. The van der Waals surface area contributed by atoms with Gasteiger partial charge in [0.2, 0.25) is 11.8 Å². The molecule has 3 atom stereocenters. The summed E-state index contributed by atoms with van der Waals surface area (Å²) in [5.41, 5.74) is 4.30. The van der Waals surface area contributed by atoms with Crippen LogP contribution in [-0.2, 0) is 31.0 Å². The average molecular weight is 780 g/mol. The molecule has 0 aliphatic rings. The van der Waals surface area contributed by atoms with E-state index in [2.05, 4.69) is 32.8 Å². The molecule has 0 bridgehead atoms. The lowest BCUT2D eigenvalue weighted by atomic mass is 9.86. The molecule has 302 valence electrons. The third-order valence-corrected chi connectivity index (χ3v) is 9.40. The number of carbonyl (C=O) groups excluding carboxylic acids is 3. The molecule has 0 spiro atoms. The Labute approximate surface area is 333 Å². The van der Waals surface area contributed by atoms with E-state index in [0.717, 1.165) is 28.9 Å². The van der Waals surface area contributed by atoms with Crippen LogP contribution in [0.5, 0.6) is 5.75 Å². The number of benzene rings is 3. The molecule has 3 aromatic carbocycles. The number of hydrogen-bond donors (Lipinski definition) is 5. The molecular formula is C44H53N5O8. The Hall–Kier alpha value is -6.11. The lowest BCUT2D eigenvalue weighted by molar-refractivity contribution is -0.144. The highest BCUT2D eigenvalue weighted by Gasteiger charge is 2.30. The standard InChI is InChI=1S/C44H53N5O8/c1-6-7-8-9-10-23-57-35-21-17-30(18-22-35)33-26-45-39(46-27-33)31-13-11-29(12-14-31)24-36(48-40(51)32-15-19-34(20-16-32)44(3,4)5)41(52)49-37(43(55)56)25-38(50)47-28(2)42(53)54/h11-22,26-28,36-37H,6-10,23-25H2,1-5H3,(H,47,50)(H,48,51)(H,49,52)(H,53,54)(H,55,56)/t28-,36-,37-/m0/s1. The van der Waals surface area contributed by atoms with Crippen LogP contribution in [0.1, 0.15) is 94.6 Å². The SMILES string of the molecule is CCCCCCCOc1ccc(-c2cnc(-c3ccc(C[C@H](NC(=O)c4ccc(C(C)(C)C)cc4)C(=O)N[C@@H](CC(=O)N[C@@H](C)C(=O)O)C(=O)O)cc3)nc2)cc1. The number of carbonyl (C=O) groups is 5. The van der Waals surface area contributed by atoms with E-state index in [1.165, 1.54) is 32.6 Å². The summed E-state index contributed by atoms with van der Waals surface area (Å²) in [6.45, 7) is 10.3. The summed E-state index contributed by atoms with van der Waals surface area (Å²) < 4.78 is 5.88. The van der Waals surface area contributed by atoms with Gasteiger partial charge in [0.15, 0.2) is 5.82 Å². The van der Waals surface area contributed by atoms with Crippen molar-refractivity contribution < 1.29 is 38.9 Å². The Kier molecular flexibility index (Phi) is 15.8. The fraction of sp³-hybridized carbons (Fsp3) is 0.386. The van der Waals surface area contributed by atoms with Gasteiger partial charge in [0.25, 0.3) is 5.91 Å². The molecule has 57 heavy (non-hydrogen) atoms. The minimum absolute atomic E-state index is 0.0229. The van der Waals surface area contributed by atoms with Crippen molar-refractivity contribution >= 4 is 29.7 Å². The van der Waals surface area contributed by atoms with Gasteiger partial charge in [0, 0.05) is 35.5 Å². The molecule has 0 saturated heterocycles. The molecule has 1 heterocycles. The van der Waals surface area contributed by atoms with E-state index in [1.807, 2.05) is 57.2 Å². The zero-order valence-corrected chi connectivity index (χ0v) is 33.2. The Morgan fingerprint density at radius 2 is 1.32 bits per heavy atom. The minimum Gasteiger partial charge on any atom is -0.494 e. The average Bonchev–Trinajstić information content (AvgIpc) is 3.18. The van der Waals surface area contributed by atoms with Crippen LogP contribution in [0, 0.1) is 0 Å². The number of aliphatic carboxylic acids is 2. The van der Waals surface area contributed by atoms with Crippen molar-refractivity contribution in [3.05, 3.63) is 102 Å². The molecule has 5 N–H and O–H groups in total. The first-order valence-electron chi connectivity index (χ1n) is 19.3. The number of nitrogens with zero attached hydrogens (tertiary/aromatic N) is 2. The number of unbranched alkanes of at least 4 members (excludes halogenated alkanes) is 4. The van der Waals surface area contributed by atoms with Crippen molar-refractivity contribution in [2.75, 3.05) is 6.61 Å². The summed E-state index contributed by atoms with van der Waals surface area (Å²) >= 11 is 0. The van der Waals surface area contributed by atoms with Gasteiger partial charge in [-0.3, -0.25) is 19.2 Å². The Morgan fingerprint density at radius 3 is 1.89 bits per heavy atom. The van der Waals surface area contributed by atoms with Crippen molar-refractivity contribution in [1.29, 1.82) is 0 Å². The number of nitrogens with one attached hydrogen (secondary N) is 3. The number of aromatic nitrogens is 2. The van der Waals surface area contributed by atoms with Gasteiger partial charge < -0.3 is 30.9 Å². The second-order valence-electron chi connectivity index (χ2n) is 15.1. The smallest absolute Gasteiger partial charge is 0.326 e. The van der Waals surface area contributed by atoms with E-state index in [9.17, 15) is 29.1 Å². The van der Waals surface area contributed by atoms with E-state index < -0.39 is 54.2 Å². The molecule has 0 aliphatic heterocycles.